The smallest absolute Gasteiger partial charge is 0.116 e. The van der Waals surface area contributed by atoms with Crippen molar-refractivity contribution in [3.63, 3.8) is 0 Å². The van der Waals surface area contributed by atoms with E-state index in [0.717, 1.165) is 16.9 Å². The Bertz CT molecular complexity index is 699. The van der Waals surface area contributed by atoms with Crippen LogP contribution in [0.3, 0.4) is 0 Å². The summed E-state index contributed by atoms with van der Waals surface area (Å²) in [6, 6.07) is 18.1. The van der Waals surface area contributed by atoms with Gasteiger partial charge in [-0.25, -0.2) is 4.68 Å². The van der Waals surface area contributed by atoms with Crippen LogP contribution in [0.2, 0.25) is 0 Å². The van der Waals surface area contributed by atoms with Crippen LogP contribution >= 0.6 is 0 Å². The van der Waals surface area contributed by atoms with Crippen molar-refractivity contribution in [2.45, 2.75) is 6.92 Å². The minimum absolute atomic E-state index is 0.689. The Morgan fingerprint density at radius 1 is 0.947 bits per heavy atom. The molecule has 2 aromatic carbocycles. The number of nitrogens with two attached hydrogens (primary N) is 1. The van der Waals surface area contributed by atoms with E-state index in [4.69, 9.17) is 5.73 Å². The van der Waals surface area contributed by atoms with Crippen LogP contribution in [-0.4, -0.2) is 9.78 Å². The van der Waals surface area contributed by atoms with Crippen LogP contribution in [0, 0.1) is 6.92 Å². The Morgan fingerprint density at radius 3 is 2.37 bits per heavy atom. The molecular formula is C16H15N3. The summed E-state index contributed by atoms with van der Waals surface area (Å²) in [5.41, 5.74) is 10.8. The largest absolute Gasteiger partial charge is 0.396 e. The van der Waals surface area contributed by atoms with Crippen LogP contribution in [0.4, 0.5) is 5.69 Å². The van der Waals surface area contributed by atoms with E-state index in [9.17, 15) is 0 Å². The molecule has 0 saturated carbocycles. The summed E-state index contributed by atoms with van der Waals surface area (Å²) >= 11 is 0. The molecule has 0 spiro atoms. The molecule has 3 aromatic rings. The molecule has 0 bridgehead atoms. The molecule has 1 heterocycles. The Balaban J connectivity index is 2.10. The summed E-state index contributed by atoms with van der Waals surface area (Å²) < 4.78 is 1.84. The Morgan fingerprint density at radius 2 is 1.63 bits per heavy atom. The number of para-hydroxylation sites is 1. The van der Waals surface area contributed by atoms with Crippen molar-refractivity contribution in [1.29, 1.82) is 0 Å². The normalized spacial score (nSPS) is 10.6. The van der Waals surface area contributed by atoms with Crippen molar-refractivity contribution in [2.75, 3.05) is 5.73 Å². The molecule has 2 N–H and O–H groups in total. The van der Waals surface area contributed by atoms with Gasteiger partial charge in [0.2, 0.25) is 0 Å². The SMILES string of the molecule is Cc1ccccc1-n1cc(N)c(-c2ccccc2)n1. The predicted molar refractivity (Wildman–Crippen MR) is 78.1 cm³/mol. The van der Waals surface area contributed by atoms with Crippen molar-refractivity contribution in [3.8, 4) is 16.9 Å². The van der Waals surface area contributed by atoms with Gasteiger partial charge in [-0.3, -0.25) is 0 Å². The molecule has 94 valence electrons. The zero-order valence-corrected chi connectivity index (χ0v) is 10.7. The maximum Gasteiger partial charge on any atom is 0.116 e. The van der Waals surface area contributed by atoms with Gasteiger partial charge in [0, 0.05) is 5.56 Å². The van der Waals surface area contributed by atoms with E-state index < -0.39 is 0 Å². The van der Waals surface area contributed by atoms with E-state index >= 15 is 0 Å². The third-order valence-electron chi connectivity index (χ3n) is 3.15. The van der Waals surface area contributed by atoms with Gasteiger partial charge in [-0.2, -0.15) is 5.10 Å². The number of nitrogen functional groups attached to an aromatic ring is 1. The first-order chi connectivity index (χ1) is 9.25. The molecule has 0 unspecified atom stereocenters. The van der Waals surface area contributed by atoms with E-state index in [1.54, 1.807) is 0 Å². The van der Waals surface area contributed by atoms with E-state index in [0.29, 0.717) is 5.69 Å². The van der Waals surface area contributed by atoms with Crippen molar-refractivity contribution in [2.24, 2.45) is 0 Å². The number of rotatable bonds is 2. The molecule has 3 nitrogen and oxygen atoms in total. The zero-order valence-electron chi connectivity index (χ0n) is 10.7. The molecule has 0 atom stereocenters. The number of nitrogens with zero attached hydrogens (tertiary/aromatic N) is 2. The fourth-order valence-corrected chi connectivity index (χ4v) is 2.15. The summed E-state index contributed by atoms with van der Waals surface area (Å²) in [6.45, 7) is 2.06. The van der Waals surface area contributed by atoms with Gasteiger partial charge in [0.25, 0.3) is 0 Å². The first kappa shape index (κ1) is 11.5. The molecule has 0 aliphatic rings. The van der Waals surface area contributed by atoms with E-state index in [1.807, 2.05) is 59.4 Å². The van der Waals surface area contributed by atoms with E-state index in [2.05, 4.69) is 18.1 Å². The Kier molecular flexibility index (Phi) is 2.80. The van der Waals surface area contributed by atoms with Gasteiger partial charge in [0.1, 0.15) is 5.69 Å². The van der Waals surface area contributed by atoms with Crippen molar-refractivity contribution in [3.05, 3.63) is 66.4 Å². The third kappa shape index (κ3) is 2.10. The van der Waals surface area contributed by atoms with Gasteiger partial charge in [-0.15, -0.1) is 0 Å². The highest BCUT2D eigenvalue weighted by Crippen LogP contribution is 2.25. The molecule has 0 aliphatic heterocycles. The predicted octanol–water partition coefficient (Wildman–Crippen LogP) is 3.43. The number of anilines is 1. The molecule has 0 saturated heterocycles. The molecule has 0 fully saturated rings. The lowest BCUT2D eigenvalue weighted by molar-refractivity contribution is 0.876. The van der Waals surface area contributed by atoms with Gasteiger partial charge >= 0.3 is 0 Å². The second-order valence-electron chi connectivity index (χ2n) is 4.53. The first-order valence-corrected chi connectivity index (χ1v) is 6.22. The van der Waals surface area contributed by atoms with Crippen LogP contribution in [0.25, 0.3) is 16.9 Å². The highest BCUT2D eigenvalue weighted by Gasteiger charge is 2.10. The quantitative estimate of drug-likeness (QED) is 0.756. The van der Waals surface area contributed by atoms with Crippen LogP contribution in [0.5, 0.6) is 0 Å². The highest BCUT2D eigenvalue weighted by atomic mass is 15.3. The number of aromatic nitrogens is 2. The number of benzene rings is 2. The fraction of sp³-hybridized carbons (Fsp3) is 0.0625. The molecule has 19 heavy (non-hydrogen) atoms. The Hall–Kier alpha value is -2.55. The lowest BCUT2D eigenvalue weighted by atomic mass is 10.1. The number of hydrogen-bond donors (Lipinski definition) is 1. The van der Waals surface area contributed by atoms with Gasteiger partial charge in [-0.1, -0.05) is 48.5 Å². The second kappa shape index (κ2) is 4.61. The summed E-state index contributed by atoms with van der Waals surface area (Å²) in [7, 11) is 0. The molecule has 0 radical (unpaired) electrons. The third-order valence-corrected chi connectivity index (χ3v) is 3.15. The standard InChI is InChI=1S/C16H15N3/c1-12-7-5-6-10-15(12)19-11-14(17)16(18-19)13-8-3-2-4-9-13/h2-11H,17H2,1H3. The maximum atomic E-state index is 6.08. The maximum absolute atomic E-state index is 6.08. The molecular weight excluding hydrogens is 234 g/mol. The fourth-order valence-electron chi connectivity index (χ4n) is 2.15. The minimum Gasteiger partial charge on any atom is -0.396 e. The number of aryl methyl sites for hydroxylation is 1. The highest BCUT2D eigenvalue weighted by molar-refractivity contribution is 5.72. The van der Waals surface area contributed by atoms with E-state index in [-0.39, 0.29) is 0 Å². The summed E-state index contributed by atoms with van der Waals surface area (Å²) in [6.07, 6.45) is 1.87. The van der Waals surface area contributed by atoms with Gasteiger partial charge in [0.15, 0.2) is 0 Å². The summed E-state index contributed by atoms with van der Waals surface area (Å²) in [5, 5.41) is 4.60. The summed E-state index contributed by atoms with van der Waals surface area (Å²) in [4.78, 5) is 0. The first-order valence-electron chi connectivity index (χ1n) is 6.22. The van der Waals surface area contributed by atoms with Crippen molar-refractivity contribution in [1.82, 2.24) is 9.78 Å². The van der Waals surface area contributed by atoms with Crippen LogP contribution in [0.15, 0.2) is 60.8 Å². The number of hydrogen-bond acceptors (Lipinski definition) is 2. The molecule has 0 amide bonds. The van der Waals surface area contributed by atoms with Gasteiger partial charge in [-0.05, 0) is 18.6 Å². The average molecular weight is 249 g/mol. The topological polar surface area (TPSA) is 43.8 Å². The van der Waals surface area contributed by atoms with Crippen LogP contribution in [-0.2, 0) is 0 Å². The van der Waals surface area contributed by atoms with Gasteiger partial charge < -0.3 is 5.73 Å². The zero-order chi connectivity index (χ0) is 13.2. The lowest BCUT2D eigenvalue weighted by Crippen LogP contribution is -1.97. The Labute approximate surface area is 112 Å². The molecule has 3 rings (SSSR count). The van der Waals surface area contributed by atoms with E-state index in [1.165, 1.54) is 5.56 Å². The second-order valence-corrected chi connectivity index (χ2v) is 4.53. The molecule has 3 heteroatoms. The van der Waals surface area contributed by atoms with Crippen LogP contribution in [0.1, 0.15) is 5.56 Å². The molecule has 1 aromatic heterocycles. The van der Waals surface area contributed by atoms with Crippen molar-refractivity contribution >= 4 is 5.69 Å². The minimum atomic E-state index is 0.689. The average Bonchev–Trinajstić information content (AvgIpc) is 2.82. The van der Waals surface area contributed by atoms with Crippen molar-refractivity contribution < 1.29 is 0 Å². The monoisotopic (exact) mass is 249 g/mol. The van der Waals surface area contributed by atoms with Crippen LogP contribution < -0.4 is 5.73 Å². The summed E-state index contributed by atoms with van der Waals surface area (Å²) in [5.74, 6) is 0. The van der Waals surface area contributed by atoms with Gasteiger partial charge in [0.05, 0.1) is 17.6 Å². The lowest BCUT2D eigenvalue weighted by Gasteiger charge is -2.04. The molecule has 0 aliphatic carbocycles.